The molecular formula is C17H17ClN2O4. The Morgan fingerprint density at radius 2 is 2.00 bits per heavy atom. The van der Waals surface area contributed by atoms with Crippen molar-refractivity contribution in [1.29, 1.82) is 0 Å². The van der Waals surface area contributed by atoms with E-state index in [1.54, 1.807) is 38.1 Å². The number of amides is 1. The topological polar surface area (TPSA) is 81.5 Å². The van der Waals surface area contributed by atoms with Crippen molar-refractivity contribution in [2.45, 2.75) is 26.9 Å². The number of nitro groups is 1. The second-order valence-electron chi connectivity index (χ2n) is 5.37. The van der Waals surface area contributed by atoms with Crippen molar-refractivity contribution >= 4 is 28.9 Å². The number of benzene rings is 2. The number of anilines is 1. The summed E-state index contributed by atoms with van der Waals surface area (Å²) in [4.78, 5) is 22.7. The fraction of sp³-hybridized carbons (Fsp3) is 0.235. The average molecular weight is 349 g/mol. The summed E-state index contributed by atoms with van der Waals surface area (Å²) in [7, 11) is 0. The Morgan fingerprint density at radius 3 is 2.62 bits per heavy atom. The maximum absolute atomic E-state index is 12.3. The molecule has 0 unspecified atom stereocenters. The Hall–Kier alpha value is -2.60. The largest absolute Gasteiger partial charge is 0.481 e. The first-order valence-corrected chi connectivity index (χ1v) is 7.65. The van der Waals surface area contributed by atoms with Gasteiger partial charge in [0.25, 0.3) is 11.6 Å². The fourth-order valence-corrected chi connectivity index (χ4v) is 2.26. The molecular weight excluding hydrogens is 332 g/mol. The molecule has 1 amide bonds. The maximum atomic E-state index is 12.3. The predicted octanol–water partition coefficient (Wildman–Crippen LogP) is 4.27. The van der Waals surface area contributed by atoms with Gasteiger partial charge in [-0.25, -0.2) is 0 Å². The van der Waals surface area contributed by atoms with Crippen LogP contribution in [0.15, 0.2) is 36.4 Å². The normalized spacial score (nSPS) is 11.7. The molecule has 0 aliphatic rings. The van der Waals surface area contributed by atoms with Crippen molar-refractivity contribution in [1.82, 2.24) is 0 Å². The smallest absolute Gasteiger partial charge is 0.274 e. The molecule has 1 atom stereocenters. The maximum Gasteiger partial charge on any atom is 0.274 e. The van der Waals surface area contributed by atoms with Gasteiger partial charge in [0.05, 0.1) is 16.2 Å². The van der Waals surface area contributed by atoms with Crippen molar-refractivity contribution in [2.24, 2.45) is 0 Å². The van der Waals surface area contributed by atoms with Crippen molar-refractivity contribution in [3.63, 3.8) is 0 Å². The van der Waals surface area contributed by atoms with E-state index < -0.39 is 16.9 Å². The van der Waals surface area contributed by atoms with Crippen molar-refractivity contribution in [3.8, 4) is 5.75 Å². The lowest BCUT2D eigenvalue weighted by atomic mass is 10.1. The minimum atomic E-state index is -0.774. The lowest BCUT2D eigenvalue weighted by molar-refractivity contribution is -0.385. The molecule has 2 rings (SSSR count). The molecule has 0 aliphatic heterocycles. The van der Waals surface area contributed by atoms with E-state index in [2.05, 4.69) is 5.32 Å². The van der Waals surface area contributed by atoms with E-state index in [0.29, 0.717) is 22.0 Å². The number of halogens is 1. The van der Waals surface area contributed by atoms with E-state index in [1.807, 2.05) is 6.92 Å². The summed E-state index contributed by atoms with van der Waals surface area (Å²) in [6, 6.07) is 9.64. The average Bonchev–Trinajstić information content (AvgIpc) is 2.52. The lowest BCUT2D eigenvalue weighted by Gasteiger charge is -2.16. The zero-order valence-electron chi connectivity index (χ0n) is 13.5. The summed E-state index contributed by atoms with van der Waals surface area (Å²) >= 11 is 5.95. The predicted molar refractivity (Wildman–Crippen MR) is 92.7 cm³/mol. The summed E-state index contributed by atoms with van der Waals surface area (Å²) in [6.07, 6.45) is -0.774. The van der Waals surface area contributed by atoms with E-state index in [0.717, 1.165) is 5.56 Å². The Labute approximate surface area is 144 Å². The van der Waals surface area contributed by atoms with Gasteiger partial charge < -0.3 is 10.1 Å². The summed E-state index contributed by atoms with van der Waals surface area (Å²) in [5.74, 6) is 0.126. The van der Waals surface area contributed by atoms with Crippen LogP contribution in [-0.4, -0.2) is 16.9 Å². The Morgan fingerprint density at radius 1 is 1.29 bits per heavy atom. The highest BCUT2D eigenvalue weighted by Crippen LogP contribution is 2.26. The van der Waals surface area contributed by atoms with Gasteiger partial charge in [-0.2, -0.15) is 0 Å². The molecule has 0 aromatic heterocycles. The monoisotopic (exact) mass is 348 g/mol. The SMILES string of the molecule is Cc1cc(O[C@H](C)C(=O)Nc2cccc([N+](=O)[O-])c2C)ccc1Cl. The molecule has 0 fully saturated rings. The number of hydrogen-bond acceptors (Lipinski definition) is 4. The third kappa shape index (κ3) is 4.02. The first-order chi connectivity index (χ1) is 11.3. The molecule has 2 aromatic carbocycles. The number of nitrogens with one attached hydrogen (secondary N) is 1. The molecule has 0 saturated heterocycles. The van der Waals surface area contributed by atoms with Crippen molar-refractivity contribution in [2.75, 3.05) is 5.32 Å². The van der Waals surface area contributed by atoms with Gasteiger partial charge in [0.2, 0.25) is 0 Å². The van der Waals surface area contributed by atoms with Crippen LogP contribution < -0.4 is 10.1 Å². The first kappa shape index (κ1) is 17.7. The van der Waals surface area contributed by atoms with Crippen LogP contribution >= 0.6 is 11.6 Å². The molecule has 1 N–H and O–H groups in total. The fourth-order valence-electron chi connectivity index (χ4n) is 2.14. The van der Waals surface area contributed by atoms with E-state index in [4.69, 9.17) is 16.3 Å². The minimum Gasteiger partial charge on any atom is -0.481 e. The number of ether oxygens (including phenoxy) is 1. The highest BCUT2D eigenvalue weighted by Gasteiger charge is 2.19. The third-order valence-electron chi connectivity index (χ3n) is 3.57. The van der Waals surface area contributed by atoms with Crippen LogP contribution in [0.5, 0.6) is 5.75 Å². The van der Waals surface area contributed by atoms with E-state index >= 15 is 0 Å². The van der Waals surface area contributed by atoms with Crippen LogP contribution in [0.4, 0.5) is 11.4 Å². The van der Waals surface area contributed by atoms with Gasteiger partial charge in [0.1, 0.15) is 5.75 Å². The number of aryl methyl sites for hydroxylation is 1. The second-order valence-corrected chi connectivity index (χ2v) is 5.77. The highest BCUT2D eigenvalue weighted by molar-refractivity contribution is 6.31. The van der Waals surface area contributed by atoms with Gasteiger partial charge in [0.15, 0.2) is 6.10 Å². The Kier molecular flexibility index (Phi) is 5.41. The molecule has 6 nitrogen and oxygen atoms in total. The van der Waals surface area contributed by atoms with Gasteiger partial charge in [-0.15, -0.1) is 0 Å². The molecule has 24 heavy (non-hydrogen) atoms. The van der Waals surface area contributed by atoms with E-state index in [9.17, 15) is 14.9 Å². The van der Waals surface area contributed by atoms with E-state index in [1.165, 1.54) is 12.1 Å². The van der Waals surface area contributed by atoms with Crippen LogP contribution in [0.2, 0.25) is 5.02 Å². The number of carbonyl (C=O) groups excluding carboxylic acids is 1. The van der Waals surface area contributed by atoms with Gasteiger partial charge >= 0.3 is 0 Å². The Balaban J connectivity index is 2.10. The summed E-state index contributed by atoms with van der Waals surface area (Å²) in [6.45, 7) is 5.03. The zero-order chi connectivity index (χ0) is 17.9. The van der Waals surface area contributed by atoms with Crippen LogP contribution in [0.25, 0.3) is 0 Å². The van der Waals surface area contributed by atoms with Gasteiger partial charge in [-0.1, -0.05) is 17.7 Å². The summed E-state index contributed by atoms with van der Waals surface area (Å²) in [5, 5.41) is 14.2. The number of nitrogens with zero attached hydrogens (tertiary/aromatic N) is 1. The van der Waals surface area contributed by atoms with Gasteiger partial charge in [-0.05, 0) is 50.6 Å². The molecule has 7 heteroatoms. The summed E-state index contributed by atoms with van der Waals surface area (Å²) in [5.41, 5.74) is 1.58. The molecule has 0 heterocycles. The molecule has 2 aromatic rings. The van der Waals surface area contributed by atoms with Crippen LogP contribution in [0.1, 0.15) is 18.1 Å². The number of hydrogen-bond donors (Lipinski definition) is 1. The molecule has 0 radical (unpaired) electrons. The standard InChI is InChI=1S/C17H17ClN2O4/c1-10-9-13(7-8-14(10)18)24-12(3)17(21)19-15-5-4-6-16(11(15)2)20(22)23/h4-9,12H,1-3H3,(H,19,21)/t12-/m1/s1. The number of rotatable bonds is 5. The van der Waals surface area contributed by atoms with Crippen LogP contribution in [-0.2, 0) is 4.79 Å². The summed E-state index contributed by atoms with van der Waals surface area (Å²) < 4.78 is 5.60. The van der Waals surface area contributed by atoms with Crippen LogP contribution in [0, 0.1) is 24.0 Å². The lowest BCUT2D eigenvalue weighted by Crippen LogP contribution is -2.30. The zero-order valence-corrected chi connectivity index (χ0v) is 14.3. The molecule has 0 saturated carbocycles. The highest BCUT2D eigenvalue weighted by atomic mass is 35.5. The first-order valence-electron chi connectivity index (χ1n) is 7.27. The Bertz CT molecular complexity index is 792. The number of nitro benzene ring substituents is 1. The van der Waals surface area contributed by atoms with Crippen LogP contribution in [0.3, 0.4) is 0 Å². The van der Waals surface area contributed by atoms with Crippen molar-refractivity contribution in [3.05, 3.63) is 62.7 Å². The van der Waals surface area contributed by atoms with Gasteiger partial charge in [-0.3, -0.25) is 14.9 Å². The molecule has 0 bridgehead atoms. The molecule has 126 valence electrons. The quantitative estimate of drug-likeness (QED) is 0.646. The molecule has 0 aliphatic carbocycles. The van der Waals surface area contributed by atoms with Crippen molar-refractivity contribution < 1.29 is 14.5 Å². The third-order valence-corrected chi connectivity index (χ3v) is 4.00. The minimum absolute atomic E-state index is 0.0466. The number of carbonyl (C=O) groups is 1. The second kappa shape index (κ2) is 7.31. The van der Waals surface area contributed by atoms with Gasteiger partial charge in [0, 0.05) is 11.1 Å². The molecule has 0 spiro atoms. The van der Waals surface area contributed by atoms with E-state index in [-0.39, 0.29) is 5.69 Å².